The molecule has 1 saturated carbocycles. The lowest BCUT2D eigenvalue weighted by molar-refractivity contribution is -0.125. The number of anilines is 1. The van der Waals surface area contributed by atoms with Crippen molar-refractivity contribution >= 4 is 35.8 Å². The van der Waals surface area contributed by atoms with E-state index in [1.807, 2.05) is 13.8 Å². The summed E-state index contributed by atoms with van der Waals surface area (Å²) in [4.78, 5) is 35.2. The molecule has 1 heterocycles. The second-order valence-electron chi connectivity index (χ2n) is 6.30. The molecule has 5 N–H and O–H groups in total. The zero-order chi connectivity index (χ0) is 17.7. The smallest absolute Gasteiger partial charge is 0.243 e. The van der Waals surface area contributed by atoms with E-state index in [9.17, 15) is 14.4 Å². The van der Waals surface area contributed by atoms with Crippen LogP contribution in [0.15, 0.2) is 12.4 Å². The van der Waals surface area contributed by atoms with Gasteiger partial charge in [-0.3, -0.25) is 19.1 Å². The highest BCUT2D eigenvalue weighted by atomic mass is 35.5. The van der Waals surface area contributed by atoms with Crippen molar-refractivity contribution in [2.75, 3.05) is 11.9 Å². The van der Waals surface area contributed by atoms with Crippen molar-refractivity contribution in [3.63, 3.8) is 0 Å². The van der Waals surface area contributed by atoms with E-state index in [0.29, 0.717) is 11.7 Å². The van der Waals surface area contributed by atoms with Crippen LogP contribution in [0.3, 0.4) is 0 Å². The van der Waals surface area contributed by atoms with Crippen LogP contribution in [0.5, 0.6) is 0 Å². The lowest BCUT2D eigenvalue weighted by Crippen LogP contribution is -2.46. The van der Waals surface area contributed by atoms with Gasteiger partial charge in [-0.25, -0.2) is 0 Å². The van der Waals surface area contributed by atoms with Crippen LogP contribution < -0.4 is 21.7 Å². The summed E-state index contributed by atoms with van der Waals surface area (Å²) in [6.07, 6.45) is 5.06. The third-order valence-corrected chi connectivity index (χ3v) is 3.61. The molecule has 0 saturated heterocycles. The van der Waals surface area contributed by atoms with E-state index < -0.39 is 6.04 Å². The first-order valence-corrected chi connectivity index (χ1v) is 8.00. The highest BCUT2D eigenvalue weighted by molar-refractivity contribution is 5.95. The van der Waals surface area contributed by atoms with Crippen LogP contribution in [0.2, 0.25) is 0 Å². The highest BCUT2D eigenvalue weighted by Gasteiger charge is 2.23. The van der Waals surface area contributed by atoms with Gasteiger partial charge >= 0.3 is 0 Å². The molecule has 1 aromatic heterocycles. The van der Waals surface area contributed by atoms with Crippen LogP contribution in [0.4, 0.5) is 5.69 Å². The number of halogens is 1. The zero-order valence-corrected chi connectivity index (χ0v) is 15.1. The minimum absolute atomic E-state index is 0. The van der Waals surface area contributed by atoms with E-state index in [-0.39, 0.29) is 49.1 Å². The van der Waals surface area contributed by atoms with E-state index in [1.54, 1.807) is 6.20 Å². The largest absolute Gasteiger partial charge is 0.352 e. The molecule has 1 aliphatic rings. The number of carbonyl (C=O) groups excluding carboxylic acids is 3. The monoisotopic (exact) mass is 372 g/mol. The van der Waals surface area contributed by atoms with Crippen molar-refractivity contribution in [3.8, 4) is 0 Å². The van der Waals surface area contributed by atoms with Crippen molar-refractivity contribution in [2.45, 2.75) is 45.3 Å². The Bertz CT molecular complexity index is 614. The van der Waals surface area contributed by atoms with Crippen LogP contribution in [0.1, 0.15) is 26.7 Å². The summed E-state index contributed by atoms with van der Waals surface area (Å²) in [5, 5.41) is 12.0. The van der Waals surface area contributed by atoms with Crippen LogP contribution >= 0.6 is 12.4 Å². The maximum absolute atomic E-state index is 11.8. The minimum atomic E-state index is -0.648. The Hall–Kier alpha value is -2.13. The quantitative estimate of drug-likeness (QED) is 0.494. The maximum atomic E-state index is 11.8. The summed E-state index contributed by atoms with van der Waals surface area (Å²) in [6, 6.07) is -0.349. The number of carbonyl (C=O) groups is 3. The second kappa shape index (κ2) is 9.38. The van der Waals surface area contributed by atoms with Gasteiger partial charge in [-0.1, -0.05) is 13.8 Å². The Morgan fingerprint density at radius 3 is 2.60 bits per heavy atom. The van der Waals surface area contributed by atoms with Gasteiger partial charge in [-0.15, -0.1) is 12.4 Å². The van der Waals surface area contributed by atoms with Gasteiger partial charge in [-0.05, 0) is 18.8 Å². The molecule has 25 heavy (non-hydrogen) atoms. The number of hydrogen-bond donors (Lipinski definition) is 4. The summed E-state index contributed by atoms with van der Waals surface area (Å²) in [5.74, 6) is -0.865. The number of hydrogen-bond acceptors (Lipinski definition) is 5. The molecule has 0 spiro atoms. The molecular weight excluding hydrogens is 348 g/mol. The number of nitrogens with one attached hydrogen (secondary N) is 3. The molecule has 0 aliphatic heterocycles. The highest BCUT2D eigenvalue weighted by Crippen LogP contribution is 2.18. The normalized spacial score (nSPS) is 14.4. The third kappa shape index (κ3) is 7.10. The molecule has 0 bridgehead atoms. The van der Waals surface area contributed by atoms with Gasteiger partial charge in [-0.2, -0.15) is 5.10 Å². The molecule has 1 atom stereocenters. The van der Waals surface area contributed by atoms with Gasteiger partial charge < -0.3 is 21.7 Å². The molecule has 0 unspecified atom stereocenters. The van der Waals surface area contributed by atoms with Crippen molar-refractivity contribution in [3.05, 3.63) is 12.4 Å². The average molecular weight is 373 g/mol. The molecule has 2 rings (SSSR count). The third-order valence-electron chi connectivity index (χ3n) is 3.61. The van der Waals surface area contributed by atoms with Crippen molar-refractivity contribution < 1.29 is 14.4 Å². The first-order valence-electron chi connectivity index (χ1n) is 8.00. The fourth-order valence-corrected chi connectivity index (χ4v) is 1.96. The lowest BCUT2D eigenvalue weighted by Gasteiger charge is -2.14. The standard InChI is InChI=1S/C15H24N6O3.ClH/c1-9(2)14(16)15(24)17-6-12(22)20-11-5-18-21(7-11)8-13(23)19-10-3-4-10;/h5,7,9-10,14H,3-4,6,8,16H2,1-2H3,(H,17,24)(H,19,23)(H,20,22);1H/t14-;/m0./s1. The molecule has 1 aromatic rings. The van der Waals surface area contributed by atoms with Gasteiger partial charge in [0.25, 0.3) is 0 Å². The Labute approximate surface area is 152 Å². The Morgan fingerprint density at radius 1 is 1.32 bits per heavy atom. The summed E-state index contributed by atoms with van der Waals surface area (Å²) in [5.41, 5.74) is 6.15. The first-order chi connectivity index (χ1) is 11.3. The van der Waals surface area contributed by atoms with Crippen molar-refractivity contribution in [2.24, 2.45) is 11.7 Å². The lowest BCUT2D eigenvalue weighted by atomic mass is 10.1. The van der Waals surface area contributed by atoms with E-state index >= 15 is 0 Å². The predicted octanol–water partition coefficient (Wildman–Crippen LogP) is -0.378. The molecule has 0 radical (unpaired) electrons. The Kier molecular flexibility index (Phi) is 7.85. The number of nitrogens with zero attached hydrogens (tertiary/aromatic N) is 2. The van der Waals surface area contributed by atoms with Crippen molar-refractivity contribution in [1.82, 2.24) is 20.4 Å². The topological polar surface area (TPSA) is 131 Å². The van der Waals surface area contributed by atoms with Gasteiger partial charge in [0.2, 0.25) is 17.7 Å². The molecule has 1 aliphatic carbocycles. The molecule has 0 aromatic carbocycles. The van der Waals surface area contributed by atoms with E-state index in [1.165, 1.54) is 10.9 Å². The van der Waals surface area contributed by atoms with Crippen LogP contribution in [-0.2, 0) is 20.9 Å². The molecule has 1 fully saturated rings. The molecule has 10 heteroatoms. The molecule has 3 amide bonds. The SMILES string of the molecule is CC(C)[C@H](N)C(=O)NCC(=O)Nc1cnn(CC(=O)NC2CC2)c1.Cl. The first kappa shape index (κ1) is 20.9. The Morgan fingerprint density at radius 2 is 2.00 bits per heavy atom. The molecular formula is C15H25ClN6O3. The average Bonchev–Trinajstić information content (AvgIpc) is 3.22. The minimum Gasteiger partial charge on any atom is -0.352 e. The van der Waals surface area contributed by atoms with Gasteiger partial charge in [0, 0.05) is 12.2 Å². The molecule has 9 nitrogen and oxygen atoms in total. The summed E-state index contributed by atoms with van der Waals surface area (Å²) in [6.45, 7) is 3.59. The predicted molar refractivity (Wildman–Crippen MR) is 95.1 cm³/mol. The summed E-state index contributed by atoms with van der Waals surface area (Å²) < 4.78 is 1.45. The van der Waals surface area contributed by atoms with Crippen LogP contribution in [0.25, 0.3) is 0 Å². The number of aromatic nitrogens is 2. The van der Waals surface area contributed by atoms with E-state index in [0.717, 1.165) is 12.8 Å². The van der Waals surface area contributed by atoms with E-state index in [2.05, 4.69) is 21.0 Å². The summed E-state index contributed by atoms with van der Waals surface area (Å²) in [7, 11) is 0. The fraction of sp³-hybridized carbons (Fsp3) is 0.600. The van der Waals surface area contributed by atoms with Crippen LogP contribution in [0, 0.1) is 5.92 Å². The van der Waals surface area contributed by atoms with Gasteiger partial charge in [0.15, 0.2) is 0 Å². The van der Waals surface area contributed by atoms with Crippen LogP contribution in [-0.4, -0.2) is 46.1 Å². The fourth-order valence-electron chi connectivity index (χ4n) is 1.96. The Balaban J connectivity index is 0.00000312. The molecule has 140 valence electrons. The number of nitrogens with two attached hydrogens (primary N) is 1. The van der Waals surface area contributed by atoms with E-state index in [4.69, 9.17) is 5.73 Å². The van der Waals surface area contributed by atoms with Gasteiger partial charge in [0.1, 0.15) is 6.54 Å². The van der Waals surface area contributed by atoms with Crippen molar-refractivity contribution in [1.29, 1.82) is 0 Å². The summed E-state index contributed by atoms with van der Waals surface area (Å²) >= 11 is 0. The van der Waals surface area contributed by atoms with Gasteiger partial charge in [0.05, 0.1) is 24.5 Å². The maximum Gasteiger partial charge on any atom is 0.243 e. The number of rotatable bonds is 8. The number of amides is 3. The zero-order valence-electron chi connectivity index (χ0n) is 14.3. The second-order valence-corrected chi connectivity index (χ2v) is 6.30.